The van der Waals surface area contributed by atoms with Gasteiger partial charge in [0.25, 0.3) is 17.7 Å². The SMILES string of the molecule is C=CC.CC.Cc1ccc([B]c2ccc3c(c2)C(=O)N(C)C3=O)cc1C(=O)NC=O. The third-order valence-electron chi connectivity index (χ3n) is 4.14. The van der Waals surface area contributed by atoms with E-state index in [2.05, 4.69) is 11.9 Å². The fraction of sp³-hybridized carbons (Fsp3) is 0.217. The van der Waals surface area contributed by atoms with Crippen molar-refractivity contribution in [2.45, 2.75) is 27.7 Å². The van der Waals surface area contributed by atoms with E-state index in [9.17, 15) is 19.2 Å². The van der Waals surface area contributed by atoms with E-state index in [1.165, 1.54) is 7.05 Å². The molecule has 6 nitrogen and oxygen atoms in total. The predicted octanol–water partition coefficient (Wildman–Crippen LogP) is 1.98. The Morgan fingerprint density at radius 2 is 1.57 bits per heavy atom. The molecule has 0 aliphatic carbocycles. The second-order valence-corrected chi connectivity index (χ2v) is 6.19. The molecule has 1 aliphatic heterocycles. The Morgan fingerprint density at radius 3 is 2.17 bits per heavy atom. The maximum absolute atomic E-state index is 12.1. The number of amides is 4. The molecule has 30 heavy (non-hydrogen) atoms. The molecule has 0 unspecified atom stereocenters. The van der Waals surface area contributed by atoms with Crippen LogP contribution in [-0.4, -0.2) is 43.4 Å². The summed E-state index contributed by atoms with van der Waals surface area (Å²) in [6.45, 7) is 11.0. The molecule has 3 rings (SSSR count). The van der Waals surface area contributed by atoms with Crippen LogP contribution >= 0.6 is 0 Å². The maximum Gasteiger partial charge on any atom is 0.261 e. The Balaban J connectivity index is 0.000000826. The minimum atomic E-state index is -0.473. The quantitative estimate of drug-likeness (QED) is 0.365. The van der Waals surface area contributed by atoms with E-state index in [1.54, 1.807) is 50.6 Å². The lowest BCUT2D eigenvalue weighted by Gasteiger charge is -2.08. The molecule has 0 atom stereocenters. The molecule has 4 amide bonds. The Labute approximate surface area is 178 Å². The zero-order valence-corrected chi connectivity index (χ0v) is 18.0. The van der Waals surface area contributed by atoms with Gasteiger partial charge in [0.1, 0.15) is 0 Å². The summed E-state index contributed by atoms with van der Waals surface area (Å²) < 4.78 is 0. The Morgan fingerprint density at radius 1 is 1.03 bits per heavy atom. The van der Waals surface area contributed by atoms with Gasteiger partial charge in [-0.1, -0.05) is 61.2 Å². The summed E-state index contributed by atoms with van der Waals surface area (Å²) in [5.74, 6) is -1.11. The first-order chi connectivity index (χ1) is 14.3. The molecule has 1 N–H and O–H groups in total. The molecule has 0 fully saturated rings. The molecule has 0 saturated carbocycles. The average Bonchev–Trinajstić information content (AvgIpc) is 2.95. The summed E-state index contributed by atoms with van der Waals surface area (Å²) in [7, 11) is 3.25. The van der Waals surface area contributed by atoms with Gasteiger partial charge in [-0.3, -0.25) is 29.4 Å². The van der Waals surface area contributed by atoms with E-state index < -0.39 is 5.91 Å². The van der Waals surface area contributed by atoms with Gasteiger partial charge in [-0.05, 0) is 25.5 Å². The Kier molecular flexibility index (Phi) is 9.42. The van der Waals surface area contributed by atoms with Gasteiger partial charge in [0.2, 0.25) is 6.41 Å². The number of nitrogens with zero attached hydrogens (tertiary/aromatic N) is 1. The number of benzene rings is 2. The van der Waals surface area contributed by atoms with Gasteiger partial charge in [0.05, 0.1) is 11.1 Å². The fourth-order valence-corrected chi connectivity index (χ4v) is 2.77. The molecule has 0 saturated heterocycles. The summed E-state index contributed by atoms with van der Waals surface area (Å²) in [6, 6.07) is 10.3. The van der Waals surface area contributed by atoms with Crippen molar-refractivity contribution in [2.24, 2.45) is 0 Å². The maximum atomic E-state index is 12.1. The number of hydrogen-bond donors (Lipinski definition) is 1. The number of hydrogen-bond acceptors (Lipinski definition) is 4. The highest BCUT2D eigenvalue weighted by molar-refractivity contribution is 6.67. The Bertz CT molecular complexity index is 970. The van der Waals surface area contributed by atoms with Crippen LogP contribution in [0, 0.1) is 6.92 Å². The first-order valence-electron chi connectivity index (χ1n) is 9.57. The molecular formula is C23H26BN2O4. The lowest BCUT2D eigenvalue weighted by molar-refractivity contribution is -0.108. The number of nitrogens with one attached hydrogen (secondary N) is 1. The van der Waals surface area contributed by atoms with Crippen LogP contribution in [0.15, 0.2) is 49.1 Å². The van der Waals surface area contributed by atoms with Crippen LogP contribution in [0.1, 0.15) is 57.4 Å². The molecule has 0 spiro atoms. The lowest BCUT2D eigenvalue weighted by Crippen LogP contribution is -2.30. The van der Waals surface area contributed by atoms with Crippen molar-refractivity contribution in [3.63, 3.8) is 0 Å². The molecule has 1 radical (unpaired) electrons. The third-order valence-corrected chi connectivity index (χ3v) is 4.14. The van der Waals surface area contributed by atoms with E-state index in [4.69, 9.17) is 0 Å². The summed E-state index contributed by atoms with van der Waals surface area (Å²) in [5, 5.41) is 2.12. The highest BCUT2D eigenvalue weighted by Gasteiger charge is 2.32. The largest absolute Gasteiger partial charge is 0.295 e. The number of aryl methyl sites for hydroxylation is 1. The van der Waals surface area contributed by atoms with Gasteiger partial charge in [-0.25, -0.2) is 0 Å². The van der Waals surface area contributed by atoms with Gasteiger partial charge in [0, 0.05) is 12.6 Å². The van der Waals surface area contributed by atoms with E-state index in [0.717, 1.165) is 21.4 Å². The topological polar surface area (TPSA) is 83.6 Å². The van der Waals surface area contributed by atoms with Crippen molar-refractivity contribution in [2.75, 3.05) is 7.05 Å². The van der Waals surface area contributed by atoms with Gasteiger partial charge < -0.3 is 0 Å². The van der Waals surface area contributed by atoms with Crippen molar-refractivity contribution in [3.05, 3.63) is 71.3 Å². The predicted molar refractivity (Wildman–Crippen MR) is 120 cm³/mol. The highest BCUT2D eigenvalue weighted by atomic mass is 16.2. The van der Waals surface area contributed by atoms with Crippen molar-refractivity contribution in [3.8, 4) is 0 Å². The zero-order chi connectivity index (χ0) is 22.8. The number of carbonyl (C=O) groups is 4. The molecule has 0 bridgehead atoms. The van der Waals surface area contributed by atoms with Crippen LogP contribution in [0.2, 0.25) is 0 Å². The molecule has 2 aromatic carbocycles. The number of rotatable bonds is 4. The second kappa shape index (κ2) is 11.5. The molecule has 7 heteroatoms. The van der Waals surface area contributed by atoms with Crippen LogP contribution in [-0.2, 0) is 4.79 Å². The monoisotopic (exact) mass is 405 g/mol. The molecule has 0 aromatic heterocycles. The number of imide groups is 2. The number of allylic oxidation sites excluding steroid dienone is 1. The van der Waals surface area contributed by atoms with Crippen LogP contribution in [0.25, 0.3) is 0 Å². The lowest BCUT2D eigenvalue weighted by atomic mass is 9.63. The summed E-state index contributed by atoms with van der Waals surface area (Å²) in [6.07, 6.45) is 2.10. The standard InChI is InChI=1S/C18H14BN2O4.C3H6.C2H6/c1-10-3-4-11(7-14(10)16(23)20-9-22)19-12-5-6-13-15(8-12)18(25)21(2)17(13)24;1-3-2;1-2/h3-9H,1-2H3,(H,20,22,23);3H,1H2,2H3;1-2H3. The van der Waals surface area contributed by atoms with Crippen molar-refractivity contribution < 1.29 is 19.2 Å². The first-order valence-corrected chi connectivity index (χ1v) is 9.57. The molecule has 1 aliphatic rings. The number of carbonyl (C=O) groups excluding carboxylic acids is 4. The van der Waals surface area contributed by atoms with Crippen molar-refractivity contribution >= 4 is 42.3 Å². The second-order valence-electron chi connectivity index (χ2n) is 6.19. The van der Waals surface area contributed by atoms with Gasteiger partial charge >= 0.3 is 0 Å². The van der Waals surface area contributed by atoms with Gasteiger partial charge in [0.15, 0.2) is 7.28 Å². The summed E-state index contributed by atoms with van der Waals surface area (Å²) in [5.41, 5.74) is 3.38. The average molecular weight is 405 g/mol. The third kappa shape index (κ3) is 5.53. The molecule has 2 aromatic rings. The molecular weight excluding hydrogens is 379 g/mol. The van der Waals surface area contributed by atoms with Crippen LogP contribution in [0.3, 0.4) is 0 Å². The molecule has 1 heterocycles. The summed E-state index contributed by atoms with van der Waals surface area (Å²) >= 11 is 0. The molecule has 155 valence electrons. The smallest absolute Gasteiger partial charge is 0.261 e. The van der Waals surface area contributed by atoms with E-state index >= 15 is 0 Å². The number of fused-ring (bicyclic) bond motifs is 1. The van der Waals surface area contributed by atoms with E-state index in [0.29, 0.717) is 23.1 Å². The van der Waals surface area contributed by atoms with Crippen molar-refractivity contribution in [1.82, 2.24) is 10.2 Å². The fourth-order valence-electron chi connectivity index (χ4n) is 2.77. The van der Waals surface area contributed by atoms with Gasteiger partial charge in [-0.2, -0.15) is 0 Å². The normalized spacial score (nSPS) is 11.3. The minimum absolute atomic E-state index is 0.310. The van der Waals surface area contributed by atoms with Crippen LogP contribution < -0.4 is 16.2 Å². The first kappa shape index (κ1) is 24.6. The van der Waals surface area contributed by atoms with E-state index in [-0.39, 0.29) is 11.8 Å². The van der Waals surface area contributed by atoms with E-state index in [1.807, 2.05) is 26.8 Å². The van der Waals surface area contributed by atoms with Crippen LogP contribution in [0.5, 0.6) is 0 Å². The minimum Gasteiger partial charge on any atom is -0.295 e. The highest BCUT2D eigenvalue weighted by Crippen LogP contribution is 2.19. The zero-order valence-electron chi connectivity index (χ0n) is 18.0. The Hall–Kier alpha value is -3.48. The van der Waals surface area contributed by atoms with Gasteiger partial charge in [-0.15, -0.1) is 6.58 Å². The van der Waals surface area contributed by atoms with Crippen LogP contribution in [0.4, 0.5) is 0 Å². The van der Waals surface area contributed by atoms with Crippen molar-refractivity contribution in [1.29, 1.82) is 0 Å². The summed E-state index contributed by atoms with van der Waals surface area (Å²) in [4.78, 5) is 47.4.